The Labute approximate surface area is 225 Å². The van der Waals surface area contributed by atoms with Gasteiger partial charge in [0.05, 0.1) is 12.6 Å². The summed E-state index contributed by atoms with van der Waals surface area (Å²) in [7, 11) is 0. The molecule has 4 unspecified atom stereocenters. The SMILES string of the molecule is CSCCC(NC(=O)C(Cc1ccccc1)NC(=O)C(CO)NC(=O)C(N)Cc1ccc(O)cc1)C(=O)O. The van der Waals surface area contributed by atoms with Gasteiger partial charge in [-0.3, -0.25) is 14.4 Å². The second-order valence-electron chi connectivity index (χ2n) is 8.65. The van der Waals surface area contributed by atoms with Crippen LogP contribution in [0, 0.1) is 0 Å². The van der Waals surface area contributed by atoms with E-state index in [9.17, 15) is 34.5 Å². The fourth-order valence-corrected chi connectivity index (χ4v) is 4.02. The van der Waals surface area contributed by atoms with Crippen LogP contribution >= 0.6 is 11.8 Å². The molecule has 11 nitrogen and oxygen atoms in total. The molecule has 3 amide bonds. The molecule has 8 N–H and O–H groups in total. The van der Waals surface area contributed by atoms with E-state index in [1.54, 1.807) is 42.5 Å². The average molecular weight is 547 g/mol. The zero-order chi connectivity index (χ0) is 28.1. The smallest absolute Gasteiger partial charge is 0.326 e. The molecule has 0 bridgehead atoms. The summed E-state index contributed by atoms with van der Waals surface area (Å²) in [6.45, 7) is -0.755. The fraction of sp³-hybridized carbons (Fsp3) is 0.385. The fourth-order valence-electron chi connectivity index (χ4n) is 3.55. The van der Waals surface area contributed by atoms with E-state index in [1.807, 2.05) is 6.26 Å². The first-order valence-corrected chi connectivity index (χ1v) is 13.3. The number of carboxylic acid groups (broad SMARTS) is 1. The number of carboxylic acids is 1. The summed E-state index contributed by atoms with van der Waals surface area (Å²) in [5.74, 6) is -2.85. The number of aliphatic hydroxyl groups is 1. The lowest BCUT2D eigenvalue weighted by Gasteiger charge is -2.24. The lowest BCUT2D eigenvalue weighted by molar-refractivity contribution is -0.142. The number of hydrogen-bond donors (Lipinski definition) is 7. The highest BCUT2D eigenvalue weighted by molar-refractivity contribution is 7.98. The molecule has 2 rings (SSSR count). The molecule has 2 aromatic carbocycles. The van der Waals surface area contributed by atoms with Gasteiger partial charge in [0.1, 0.15) is 23.9 Å². The standard InChI is InChI=1S/C26H34N4O7S/c1-38-12-11-20(26(36)37)28-24(34)21(14-16-5-3-2-4-6-16)29-25(35)22(15-31)30-23(33)19(27)13-17-7-9-18(32)10-8-17/h2-10,19-22,31-32H,11-15,27H2,1H3,(H,28,34)(H,29,35)(H,30,33)(H,36,37). The molecule has 0 heterocycles. The third-order valence-electron chi connectivity index (χ3n) is 5.69. The Morgan fingerprint density at radius 1 is 0.816 bits per heavy atom. The summed E-state index contributed by atoms with van der Waals surface area (Å²) in [5, 5.41) is 36.0. The first kappa shape index (κ1) is 30.6. The number of aliphatic carboxylic acids is 1. The molecule has 0 saturated heterocycles. The van der Waals surface area contributed by atoms with E-state index in [2.05, 4.69) is 16.0 Å². The molecule has 4 atom stereocenters. The number of benzene rings is 2. The molecule has 206 valence electrons. The number of phenolic OH excluding ortho intramolecular Hbond substituents is 1. The van der Waals surface area contributed by atoms with Crippen molar-refractivity contribution in [2.45, 2.75) is 43.4 Å². The van der Waals surface area contributed by atoms with Crippen molar-refractivity contribution in [3.63, 3.8) is 0 Å². The number of amides is 3. The van der Waals surface area contributed by atoms with E-state index in [1.165, 1.54) is 23.9 Å². The van der Waals surface area contributed by atoms with Gasteiger partial charge in [-0.15, -0.1) is 0 Å². The maximum Gasteiger partial charge on any atom is 0.326 e. The number of hydrogen-bond acceptors (Lipinski definition) is 8. The minimum atomic E-state index is -1.40. The number of nitrogens with two attached hydrogens (primary N) is 1. The van der Waals surface area contributed by atoms with E-state index in [0.29, 0.717) is 16.9 Å². The van der Waals surface area contributed by atoms with Crippen molar-refractivity contribution < 1.29 is 34.5 Å². The molecule has 0 aliphatic carbocycles. The highest BCUT2D eigenvalue weighted by atomic mass is 32.2. The molecule has 0 fully saturated rings. The van der Waals surface area contributed by atoms with Gasteiger partial charge in [0.25, 0.3) is 0 Å². The molecule has 0 aliphatic rings. The van der Waals surface area contributed by atoms with E-state index in [4.69, 9.17) is 5.73 Å². The number of phenols is 1. The Hall–Kier alpha value is -3.61. The molecule has 38 heavy (non-hydrogen) atoms. The monoisotopic (exact) mass is 546 g/mol. The van der Waals surface area contributed by atoms with Crippen LogP contribution in [0.1, 0.15) is 17.5 Å². The number of carbonyl (C=O) groups is 4. The van der Waals surface area contributed by atoms with Gasteiger partial charge in [-0.05, 0) is 48.1 Å². The third kappa shape index (κ3) is 10.0. The van der Waals surface area contributed by atoms with Crippen LogP contribution in [0.4, 0.5) is 0 Å². The van der Waals surface area contributed by atoms with Gasteiger partial charge in [0.2, 0.25) is 17.7 Å². The van der Waals surface area contributed by atoms with Gasteiger partial charge in [0.15, 0.2) is 0 Å². The predicted molar refractivity (Wildman–Crippen MR) is 143 cm³/mol. The quantitative estimate of drug-likeness (QED) is 0.158. The van der Waals surface area contributed by atoms with Crippen molar-refractivity contribution in [3.8, 4) is 5.75 Å². The Bertz CT molecular complexity index is 1070. The third-order valence-corrected chi connectivity index (χ3v) is 6.33. The van der Waals surface area contributed by atoms with Crippen LogP contribution in [0.3, 0.4) is 0 Å². The largest absolute Gasteiger partial charge is 0.508 e. The molecule has 0 saturated carbocycles. The van der Waals surface area contributed by atoms with Crippen LogP contribution in [-0.2, 0) is 32.0 Å². The summed E-state index contributed by atoms with van der Waals surface area (Å²) < 4.78 is 0. The molecule has 0 aromatic heterocycles. The lowest BCUT2D eigenvalue weighted by atomic mass is 10.0. The van der Waals surface area contributed by atoms with E-state index in [0.717, 1.165) is 0 Å². The van der Waals surface area contributed by atoms with Crippen LogP contribution in [-0.4, -0.2) is 81.8 Å². The zero-order valence-electron chi connectivity index (χ0n) is 21.0. The normalized spacial score (nSPS) is 14.0. The Morgan fingerprint density at radius 2 is 1.37 bits per heavy atom. The van der Waals surface area contributed by atoms with Crippen molar-refractivity contribution in [1.29, 1.82) is 0 Å². The van der Waals surface area contributed by atoms with Crippen LogP contribution in [0.25, 0.3) is 0 Å². The number of thioether (sulfide) groups is 1. The first-order chi connectivity index (χ1) is 18.1. The van der Waals surface area contributed by atoms with Crippen LogP contribution in [0.2, 0.25) is 0 Å². The molecule has 2 aromatic rings. The highest BCUT2D eigenvalue weighted by Crippen LogP contribution is 2.11. The van der Waals surface area contributed by atoms with Crippen LogP contribution in [0.5, 0.6) is 5.75 Å². The second-order valence-corrected chi connectivity index (χ2v) is 9.64. The minimum absolute atomic E-state index is 0.0553. The van der Waals surface area contributed by atoms with Crippen molar-refractivity contribution in [2.24, 2.45) is 5.73 Å². The molecule has 0 radical (unpaired) electrons. The van der Waals surface area contributed by atoms with Crippen molar-refractivity contribution in [1.82, 2.24) is 16.0 Å². The summed E-state index contributed by atoms with van der Waals surface area (Å²) in [6, 6.07) is 10.2. The van der Waals surface area contributed by atoms with Crippen molar-refractivity contribution in [2.75, 3.05) is 18.6 Å². The second kappa shape index (κ2) is 15.6. The summed E-state index contributed by atoms with van der Waals surface area (Å²) >= 11 is 1.44. The van der Waals surface area contributed by atoms with Gasteiger partial charge < -0.3 is 37.0 Å². The number of aromatic hydroxyl groups is 1. The zero-order valence-corrected chi connectivity index (χ0v) is 21.8. The van der Waals surface area contributed by atoms with Gasteiger partial charge >= 0.3 is 5.97 Å². The Morgan fingerprint density at radius 3 is 1.95 bits per heavy atom. The lowest BCUT2D eigenvalue weighted by Crippen LogP contribution is -2.58. The molecule has 12 heteroatoms. The minimum Gasteiger partial charge on any atom is -0.508 e. The predicted octanol–water partition coefficient (Wildman–Crippen LogP) is -0.211. The molecular formula is C26H34N4O7S. The number of aliphatic hydroxyl groups excluding tert-OH is 1. The van der Waals surface area contributed by atoms with Crippen molar-refractivity contribution in [3.05, 3.63) is 65.7 Å². The molecule has 0 aliphatic heterocycles. The van der Waals surface area contributed by atoms with E-state index < -0.39 is 54.5 Å². The number of nitrogens with one attached hydrogen (secondary N) is 3. The summed E-state index contributed by atoms with van der Waals surface area (Å²) in [6.07, 6.45) is 2.19. The van der Waals surface area contributed by atoms with Gasteiger partial charge in [0, 0.05) is 6.42 Å². The average Bonchev–Trinajstić information content (AvgIpc) is 2.90. The number of rotatable bonds is 15. The van der Waals surface area contributed by atoms with Gasteiger partial charge in [-0.25, -0.2) is 4.79 Å². The first-order valence-electron chi connectivity index (χ1n) is 12.0. The van der Waals surface area contributed by atoms with E-state index >= 15 is 0 Å². The molecular weight excluding hydrogens is 512 g/mol. The molecule has 0 spiro atoms. The van der Waals surface area contributed by atoms with E-state index in [-0.39, 0.29) is 25.0 Å². The Balaban J connectivity index is 2.10. The maximum atomic E-state index is 13.0. The van der Waals surface area contributed by atoms with Crippen LogP contribution < -0.4 is 21.7 Å². The number of carbonyl (C=O) groups excluding carboxylic acids is 3. The summed E-state index contributed by atoms with van der Waals surface area (Å²) in [4.78, 5) is 50.2. The van der Waals surface area contributed by atoms with Crippen LogP contribution in [0.15, 0.2) is 54.6 Å². The Kier molecular flexibility index (Phi) is 12.6. The highest BCUT2D eigenvalue weighted by Gasteiger charge is 2.30. The maximum absolute atomic E-state index is 13.0. The summed E-state index contributed by atoms with van der Waals surface area (Å²) in [5.41, 5.74) is 7.35. The topological polar surface area (TPSA) is 191 Å². The van der Waals surface area contributed by atoms with Crippen molar-refractivity contribution >= 4 is 35.5 Å². The van der Waals surface area contributed by atoms with Gasteiger partial charge in [-0.2, -0.15) is 11.8 Å². The van der Waals surface area contributed by atoms with Gasteiger partial charge in [-0.1, -0.05) is 42.5 Å².